The third-order valence-electron chi connectivity index (χ3n) is 6.28. The molecule has 2 atom stereocenters. The lowest BCUT2D eigenvalue weighted by atomic mass is 9.88. The number of carboxylic acid groups (broad SMARTS) is 1. The minimum Gasteiger partial charge on any atom is -0.477 e. The summed E-state index contributed by atoms with van der Waals surface area (Å²) < 4.78 is 0.384. The summed E-state index contributed by atoms with van der Waals surface area (Å²) in [6.07, 6.45) is 20.0. The van der Waals surface area contributed by atoms with E-state index in [1.807, 2.05) is 21.1 Å². The third-order valence-corrected chi connectivity index (χ3v) is 6.28. The molecule has 4 N–H and O–H groups in total. The molecule has 0 bridgehead atoms. The van der Waals surface area contributed by atoms with E-state index in [0.717, 1.165) is 19.3 Å². The Morgan fingerprint density at radius 3 is 1.55 bits per heavy atom. The minimum atomic E-state index is -0.762. The monoisotopic (exact) mass is 442 g/mol. The smallest absolute Gasteiger partial charge is 0.362 e. The number of urea groups is 1. The quantitative estimate of drug-likeness (QED) is 0.157. The summed E-state index contributed by atoms with van der Waals surface area (Å²) in [7, 11) is 5.79. The summed E-state index contributed by atoms with van der Waals surface area (Å²) in [5, 5.41) is 12.4. The van der Waals surface area contributed by atoms with Gasteiger partial charge in [0.1, 0.15) is 0 Å². The number of amides is 2. The number of nitrogens with two attached hydrogens (primary N) is 1. The number of nitrogens with one attached hydrogen (secondary N) is 1. The van der Waals surface area contributed by atoms with Crippen LogP contribution in [0.25, 0.3) is 0 Å². The number of likely N-dealkylation sites (N-methyl/N-ethyl adjacent to an activating group) is 1. The second kappa shape index (κ2) is 18.3. The van der Waals surface area contributed by atoms with Crippen molar-refractivity contribution in [2.75, 3.05) is 27.7 Å². The molecule has 2 unspecified atom stereocenters. The number of carbonyl (C=O) groups excluding carboxylic acids is 1. The van der Waals surface area contributed by atoms with Crippen LogP contribution in [-0.2, 0) is 4.79 Å². The van der Waals surface area contributed by atoms with Crippen LogP contribution in [0.5, 0.6) is 0 Å². The van der Waals surface area contributed by atoms with Crippen LogP contribution in [0.2, 0.25) is 0 Å². The summed E-state index contributed by atoms with van der Waals surface area (Å²) in [5.41, 5.74) is 5.16. The van der Waals surface area contributed by atoms with Gasteiger partial charge in [-0.15, -0.1) is 0 Å². The fourth-order valence-corrected chi connectivity index (χ4v) is 4.61. The topological polar surface area (TPSA) is 92.4 Å². The van der Waals surface area contributed by atoms with Gasteiger partial charge in [0.25, 0.3) is 0 Å². The van der Waals surface area contributed by atoms with Crippen LogP contribution in [0.15, 0.2) is 0 Å². The molecule has 0 fully saturated rings. The molecule has 6 nitrogen and oxygen atoms in total. The average molecular weight is 443 g/mol. The predicted molar refractivity (Wildman–Crippen MR) is 130 cm³/mol. The van der Waals surface area contributed by atoms with E-state index in [1.165, 1.54) is 77.0 Å². The van der Waals surface area contributed by atoms with E-state index >= 15 is 0 Å². The molecule has 0 aliphatic rings. The number of unbranched alkanes of at least 4 members (excludes halogenated alkanes) is 13. The van der Waals surface area contributed by atoms with E-state index < -0.39 is 18.0 Å². The van der Waals surface area contributed by atoms with Crippen LogP contribution in [0.4, 0.5) is 4.79 Å². The van der Waals surface area contributed by atoms with Crippen LogP contribution in [0.3, 0.4) is 0 Å². The van der Waals surface area contributed by atoms with Gasteiger partial charge in [0.15, 0.2) is 6.04 Å². The Morgan fingerprint density at radius 2 is 1.19 bits per heavy atom. The summed E-state index contributed by atoms with van der Waals surface area (Å²) in [5.74, 6) is -0.733. The van der Waals surface area contributed by atoms with Crippen molar-refractivity contribution in [1.29, 1.82) is 0 Å². The van der Waals surface area contributed by atoms with Crippen molar-refractivity contribution in [1.82, 2.24) is 5.32 Å². The van der Waals surface area contributed by atoms with E-state index in [2.05, 4.69) is 12.2 Å². The van der Waals surface area contributed by atoms with Crippen molar-refractivity contribution in [2.24, 2.45) is 11.7 Å². The number of hydrogen-bond acceptors (Lipinski definition) is 2. The van der Waals surface area contributed by atoms with Crippen molar-refractivity contribution < 1.29 is 19.2 Å². The molecule has 0 saturated heterocycles. The molecule has 0 aromatic carbocycles. The summed E-state index contributed by atoms with van der Waals surface area (Å²) in [6, 6.07) is -1.02. The Kier molecular flexibility index (Phi) is 17.5. The molecule has 0 heterocycles. The molecule has 0 aromatic heterocycles. The molecule has 2 amide bonds. The van der Waals surface area contributed by atoms with Crippen molar-refractivity contribution in [3.8, 4) is 0 Å². The zero-order valence-electron chi connectivity index (χ0n) is 21.0. The van der Waals surface area contributed by atoms with Crippen LogP contribution in [0, 0.1) is 5.92 Å². The Balaban J connectivity index is 4.01. The number of carbonyl (C=O) groups is 2. The zero-order chi connectivity index (χ0) is 23.5. The number of quaternary nitrogens is 1. The molecule has 0 aromatic rings. The predicted octanol–water partition coefficient (Wildman–Crippen LogP) is 5.69. The summed E-state index contributed by atoms with van der Waals surface area (Å²) in [6.45, 7) is 2.70. The van der Waals surface area contributed by atoms with Crippen LogP contribution >= 0.6 is 0 Å². The Morgan fingerprint density at radius 1 is 0.774 bits per heavy atom. The van der Waals surface area contributed by atoms with Gasteiger partial charge in [-0.25, -0.2) is 9.59 Å². The second-order valence-corrected chi connectivity index (χ2v) is 10.1. The lowest BCUT2D eigenvalue weighted by molar-refractivity contribution is -0.891. The number of nitrogens with zero attached hydrogens (tertiary/aromatic N) is 1. The first-order valence-electron chi connectivity index (χ1n) is 12.8. The molecule has 184 valence electrons. The van der Waals surface area contributed by atoms with Gasteiger partial charge in [-0.1, -0.05) is 96.8 Å². The maximum absolute atomic E-state index is 11.9. The highest BCUT2D eigenvalue weighted by Crippen LogP contribution is 2.24. The van der Waals surface area contributed by atoms with E-state index in [-0.39, 0.29) is 5.92 Å². The van der Waals surface area contributed by atoms with Crippen LogP contribution in [-0.4, -0.2) is 55.3 Å². The number of hydrogen-bond donors (Lipinski definition) is 3. The van der Waals surface area contributed by atoms with Gasteiger partial charge in [0, 0.05) is 12.5 Å². The molecular weight excluding hydrogens is 390 g/mol. The number of carboxylic acids is 1. The van der Waals surface area contributed by atoms with Crippen LogP contribution in [0.1, 0.15) is 110 Å². The van der Waals surface area contributed by atoms with E-state index in [0.29, 0.717) is 17.4 Å². The highest BCUT2D eigenvalue weighted by Gasteiger charge is 2.38. The first-order chi connectivity index (χ1) is 14.7. The third kappa shape index (κ3) is 17.0. The van der Waals surface area contributed by atoms with Crippen molar-refractivity contribution in [2.45, 2.75) is 116 Å². The number of aliphatic carboxylic acids is 1. The molecule has 0 aliphatic carbocycles. The molecule has 6 heteroatoms. The largest absolute Gasteiger partial charge is 0.477 e. The van der Waals surface area contributed by atoms with Gasteiger partial charge in [0.05, 0.1) is 21.1 Å². The summed E-state index contributed by atoms with van der Waals surface area (Å²) in [4.78, 5) is 22.9. The van der Waals surface area contributed by atoms with E-state index in [4.69, 9.17) is 5.73 Å². The van der Waals surface area contributed by atoms with Gasteiger partial charge in [0.2, 0.25) is 0 Å². The zero-order valence-corrected chi connectivity index (χ0v) is 21.0. The fraction of sp³-hybridized carbons (Fsp3) is 0.920. The summed E-state index contributed by atoms with van der Waals surface area (Å²) >= 11 is 0. The standard InChI is InChI=1S/C25H51N3O3/c1-5-6-7-8-9-10-11-12-13-14-15-16-17-18-19-22(20-21-27-25(26)31)23(24(29)30)28(2,3)4/h22-23H,5-21H2,1-4H3,(H3-,26,27,29,30,31)/p+1. The minimum absolute atomic E-state index is 0.0293. The van der Waals surface area contributed by atoms with Gasteiger partial charge in [-0.3, -0.25) is 0 Å². The second-order valence-electron chi connectivity index (χ2n) is 10.1. The Labute approximate surface area is 191 Å². The Hall–Kier alpha value is -1.30. The first kappa shape index (κ1) is 29.7. The van der Waals surface area contributed by atoms with Gasteiger partial charge in [-0.2, -0.15) is 0 Å². The van der Waals surface area contributed by atoms with E-state index in [1.54, 1.807) is 0 Å². The maximum atomic E-state index is 11.9. The number of rotatable bonds is 21. The van der Waals surface area contributed by atoms with Gasteiger partial charge < -0.3 is 20.6 Å². The Bertz CT molecular complexity index is 463. The first-order valence-corrected chi connectivity index (χ1v) is 12.8. The molecule has 31 heavy (non-hydrogen) atoms. The maximum Gasteiger partial charge on any atom is 0.362 e. The van der Waals surface area contributed by atoms with Crippen LogP contribution < -0.4 is 11.1 Å². The lowest BCUT2D eigenvalue weighted by Crippen LogP contribution is -2.54. The highest BCUT2D eigenvalue weighted by molar-refractivity contribution is 5.73. The molecule has 0 spiro atoms. The average Bonchev–Trinajstić information content (AvgIpc) is 2.66. The van der Waals surface area contributed by atoms with Crippen molar-refractivity contribution in [3.63, 3.8) is 0 Å². The SMILES string of the molecule is CCCCCCCCCCCCCCCCC(CCNC(N)=O)C(C(=O)O)[N+](C)(C)C. The molecule has 0 aliphatic heterocycles. The van der Waals surface area contributed by atoms with Crippen molar-refractivity contribution in [3.05, 3.63) is 0 Å². The highest BCUT2D eigenvalue weighted by atomic mass is 16.4. The molecular formula is C25H52N3O3+. The molecule has 0 rings (SSSR count). The number of primary amides is 1. The normalized spacial score (nSPS) is 13.7. The van der Waals surface area contributed by atoms with E-state index in [9.17, 15) is 14.7 Å². The van der Waals surface area contributed by atoms with Gasteiger partial charge >= 0.3 is 12.0 Å². The van der Waals surface area contributed by atoms with Gasteiger partial charge in [-0.05, 0) is 12.8 Å². The molecule has 0 saturated carbocycles. The lowest BCUT2D eigenvalue weighted by Gasteiger charge is -2.36. The fourth-order valence-electron chi connectivity index (χ4n) is 4.61. The molecule has 0 radical (unpaired) electrons. The van der Waals surface area contributed by atoms with Crippen molar-refractivity contribution >= 4 is 12.0 Å².